The molecule has 4 rings (SSSR count). The largest absolute Gasteiger partial charge is 0.493 e. The second kappa shape index (κ2) is 6.49. The van der Waals surface area contributed by atoms with E-state index in [0.29, 0.717) is 17.5 Å². The summed E-state index contributed by atoms with van der Waals surface area (Å²) < 4.78 is 7.36. The first kappa shape index (κ1) is 15.0. The Morgan fingerprint density at radius 3 is 2.96 bits per heavy atom. The van der Waals surface area contributed by atoms with E-state index in [4.69, 9.17) is 4.74 Å². The lowest BCUT2D eigenvalue weighted by Crippen LogP contribution is -2.04. The number of carbonyl (C=O) groups excluding carboxylic acids is 1. The molecule has 24 heavy (non-hydrogen) atoms. The second-order valence-corrected chi connectivity index (χ2v) is 6.39. The lowest BCUT2D eigenvalue weighted by Gasteiger charge is -2.06. The van der Waals surface area contributed by atoms with Gasteiger partial charge in [0.05, 0.1) is 12.4 Å². The van der Waals surface area contributed by atoms with Crippen molar-refractivity contribution in [1.29, 1.82) is 0 Å². The molecule has 2 aromatic carbocycles. The second-order valence-electron chi connectivity index (χ2n) is 5.45. The summed E-state index contributed by atoms with van der Waals surface area (Å²) in [6.07, 6.45) is 2.53. The number of benzene rings is 2. The van der Waals surface area contributed by atoms with Crippen LogP contribution < -0.4 is 4.74 Å². The van der Waals surface area contributed by atoms with Crippen molar-refractivity contribution in [3.05, 3.63) is 66.0 Å². The van der Waals surface area contributed by atoms with Crippen LogP contribution in [0, 0.1) is 0 Å². The third-order valence-corrected chi connectivity index (χ3v) is 4.84. The molecule has 0 bridgehead atoms. The highest BCUT2D eigenvalue weighted by Crippen LogP contribution is 2.27. The van der Waals surface area contributed by atoms with Crippen LogP contribution in [0.1, 0.15) is 15.9 Å². The van der Waals surface area contributed by atoms with Gasteiger partial charge >= 0.3 is 0 Å². The minimum absolute atomic E-state index is 0.0808. The van der Waals surface area contributed by atoms with Crippen LogP contribution >= 0.6 is 11.8 Å². The number of aromatic nitrogens is 3. The van der Waals surface area contributed by atoms with Crippen LogP contribution in [0.4, 0.5) is 0 Å². The van der Waals surface area contributed by atoms with Crippen LogP contribution in [0.5, 0.6) is 5.75 Å². The van der Waals surface area contributed by atoms with Crippen LogP contribution in [-0.2, 0) is 6.42 Å². The lowest BCUT2D eigenvalue weighted by molar-refractivity contribution is 0.102. The average Bonchev–Trinajstić information content (AvgIpc) is 3.28. The van der Waals surface area contributed by atoms with Gasteiger partial charge in [0.1, 0.15) is 12.1 Å². The summed E-state index contributed by atoms with van der Waals surface area (Å²) >= 11 is 1.39. The number of Topliss-reactive ketones (excluding diaryl/α,β-unsaturated/α-hetero) is 1. The summed E-state index contributed by atoms with van der Waals surface area (Å²) in [5.74, 6) is 1.30. The monoisotopic (exact) mass is 337 g/mol. The molecule has 0 spiro atoms. The Labute approximate surface area is 143 Å². The van der Waals surface area contributed by atoms with E-state index in [9.17, 15) is 4.79 Å². The number of carbonyl (C=O) groups is 1. The molecule has 0 atom stereocenters. The predicted octanol–water partition coefficient (Wildman–Crippen LogP) is 3.18. The Balaban J connectivity index is 1.48. The topological polar surface area (TPSA) is 57.0 Å². The quantitative estimate of drug-likeness (QED) is 0.529. The van der Waals surface area contributed by atoms with Gasteiger partial charge in [0.25, 0.3) is 0 Å². The van der Waals surface area contributed by atoms with Crippen molar-refractivity contribution in [3.8, 4) is 11.4 Å². The summed E-state index contributed by atoms with van der Waals surface area (Å²) in [5.41, 5.74) is 2.81. The summed E-state index contributed by atoms with van der Waals surface area (Å²) in [4.78, 5) is 12.5. The number of nitrogens with zero attached hydrogens (tertiary/aromatic N) is 3. The normalized spacial score (nSPS) is 12.7. The van der Waals surface area contributed by atoms with Gasteiger partial charge in [-0.15, -0.1) is 10.2 Å². The summed E-state index contributed by atoms with van der Waals surface area (Å²) in [6, 6.07) is 15.5. The molecule has 0 saturated carbocycles. The Morgan fingerprint density at radius 2 is 2.08 bits per heavy atom. The predicted molar refractivity (Wildman–Crippen MR) is 92.1 cm³/mol. The maximum absolute atomic E-state index is 12.5. The molecule has 3 aromatic rings. The Morgan fingerprint density at radius 1 is 1.21 bits per heavy atom. The molecular weight excluding hydrogens is 322 g/mol. The van der Waals surface area contributed by atoms with Gasteiger partial charge in [0.2, 0.25) is 0 Å². The zero-order valence-electron chi connectivity index (χ0n) is 12.9. The van der Waals surface area contributed by atoms with Crippen molar-refractivity contribution in [3.63, 3.8) is 0 Å². The lowest BCUT2D eigenvalue weighted by atomic mass is 10.1. The van der Waals surface area contributed by atoms with E-state index in [1.54, 1.807) is 6.33 Å². The van der Waals surface area contributed by atoms with Gasteiger partial charge in [0.15, 0.2) is 10.9 Å². The molecule has 0 unspecified atom stereocenters. The van der Waals surface area contributed by atoms with Crippen molar-refractivity contribution in [1.82, 2.24) is 14.8 Å². The van der Waals surface area contributed by atoms with Crippen LogP contribution in [0.2, 0.25) is 0 Å². The third kappa shape index (κ3) is 2.92. The number of ketones is 1. The maximum atomic E-state index is 12.5. The highest BCUT2D eigenvalue weighted by molar-refractivity contribution is 7.99. The van der Waals surface area contributed by atoms with Gasteiger partial charge in [-0.1, -0.05) is 30.0 Å². The molecule has 0 radical (unpaired) electrons. The fraction of sp³-hybridized carbons (Fsp3) is 0.167. The van der Waals surface area contributed by atoms with Crippen molar-refractivity contribution in [2.24, 2.45) is 0 Å². The SMILES string of the molecule is O=C(CSc1nncn1-c1ccccc1)c1ccc2c(c1)CCO2. The minimum atomic E-state index is 0.0808. The van der Waals surface area contributed by atoms with E-state index in [0.717, 1.165) is 29.0 Å². The molecule has 0 saturated heterocycles. The molecule has 5 nitrogen and oxygen atoms in total. The molecule has 0 N–H and O–H groups in total. The Hall–Kier alpha value is -2.60. The molecule has 6 heteroatoms. The van der Waals surface area contributed by atoms with Crippen molar-refractivity contribution < 1.29 is 9.53 Å². The smallest absolute Gasteiger partial charge is 0.196 e. The van der Waals surface area contributed by atoms with Gasteiger partial charge in [-0.25, -0.2) is 0 Å². The van der Waals surface area contributed by atoms with Crippen LogP contribution in [0.15, 0.2) is 60.0 Å². The zero-order valence-corrected chi connectivity index (χ0v) is 13.7. The fourth-order valence-electron chi connectivity index (χ4n) is 2.66. The van der Waals surface area contributed by atoms with Crippen LogP contribution in [0.25, 0.3) is 5.69 Å². The number of para-hydroxylation sites is 1. The van der Waals surface area contributed by atoms with Crippen molar-refractivity contribution in [2.45, 2.75) is 11.6 Å². The van der Waals surface area contributed by atoms with Crippen molar-refractivity contribution >= 4 is 17.5 Å². The molecule has 120 valence electrons. The first-order chi connectivity index (χ1) is 11.8. The molecule has 1 aromatic heterocycles. The Kier molecular flexibility index (Phi) is 4.04. The molecule has 0 fully saturated rings. The molecular formula is C18H15N3O2S. The fourth-order valence-corrected chi connectivity index (χ4v) is 3.49. The molecule has 0 amide bonds. The van der Waals surface area contributed by atoms with Gasteiger partial charge in [-0.3, -0.25) is 9.36 Å². The highest BCUT2D eigenvalue weighted by Gasteiger charge is 2.16. The van der Waals surface area contributed by atoms with Gasteiger partial charge < -0.3 is 4.74 Å². The van der Waals surface area contributed by atoms with Crippen LogP contribution in [-0.4, -0.2) is 32.9 Å². The zero-order chi connectivity index (χ0) is 16.4. The van der Waals surface area contributed by atoms with Crippen molar-refractivity contribution in [2.75, 3.05) is 12.4 Å². The third-order valence-electron chi connectivity index (χ3n) is 3.89. The standard InChI is InChI=1S/C18H15N3O2S/c22-16(13-6-7-17-14(10-13)8-9-23-17)11-24-18-20-19-12-21(18)15-4-2-1-3-5-15/h1-7,10,12H,8-9,11H2. The number of ether oxygens (including phenoxy) is 1. The van der Waals surface area contributed by atoms with Crippen LogP contribution in [0.3, 0.4) is 0 Å². The van der Waals surface area contributed by atoms with E-state index < -0.39 is 0 Å². The number of rotatable bonds is 5. The van der Waals surface area contributed by atoms with E-state index in [1.165, 1.54) is 11.8 Å². The maximum Gasteiger partial charge on any atom is 0.196 e. The Bertz CT molecular complexity index is 877. The number of fused-ring (bicyclic) bond motifs is 1. The average molecular weight is 337 g/mol. The molecule has 1 aliphatic rings. The first-order valence-corrected chi connectivity index (χ1v) is 8.67. The number of thioether (sulfide) groups is 1. The summed E-state index contributed by atoms with van der Waals surface area (Å²) in [7, 11) is 0. The van der Waals surface area contributed by atoms with E-state index in [-0.39, 0.29) is 5.78 Å². The minimum Gasteiger partial charge on any atom is -0.493 e. The number of hydrogen-bond acceptors (Lipinski definition) is 5. The molecule has 1 aliphatic heterocycles. The van der Waals surface area contributed by atoms with E-state index >= 15 is 0 Å². The van der Waals surface area contributed by atoms with E-state index in [2.05, 4.69) is 10.2 Å². The van der Waals surface area contributed by atoms with Gasteiger partial charge in [-0.05, 0) is 35.9 Å². The highest BCUT2D eigenvalue weighted by atomic mass is 32.2. The van der Waals surface area contributed by atoms with Gasteiger partial charge in [-0.2, -0.15) is 0 Å². The summed E-state index contributed by atoms with van der Waals surface area (Å²) in [6.45, 7) is 0.696. The number of hydrogen-bond donors (Lipinski definition) is 0. The summed E-state index contributed by atoms with van der Waals surface area (Å²) in [5, 5.41) is 8.79. The van der Waals surface area contributed by atoms with E-state index in [1.807, 2.05) is 53.1 Å². The van der Waals surface area contributed by atoms with Gasteiger partial charge in [0, 0.05) is 17.7 Å². The first-order valence-electron chi connectivity index (χ1n) is 7.68. The molecule has 0 aliphatic carbocycles. The molecule has 2 heterocycles.